The van der Waals surface area contributed by atoms with Crippen molar-refractivity contribution in [3.05, 3.63) is 52.8 Å². The summed E-state index contributed by atoms with van der Waals surface area (Å²) in [5, 5.41) is 4.41. The molecule has 0 bridgehead atoms. The minimum absolute atomic E-state index is 0.267. The lowest BCUT2D eigenvalue weighted by Crippen LogP contribution is -1.90. The van der Waals surface area contributed by atoms with E-state index in [4.69, 9.17) is 21.9 Å². The van der Waals surface area contributed by atoms with E-state index in [1.165, 1.54) is 12.1 Å². The van der Waals surface area contributed by atoms with Gasteiger partial charge in [0.1, 0.15) is 5.82 Å². The molecule has 0 amide bonds. The van der Waals surface area contributed by atoms with Gasteiger partial charge in [-0.05, 0) is 42.8 Å². The van der Waals surface area contributed by atoms with Gasteiger partial charge < -0.3 is 10.3 Å². The van der Waals surface area contributed by atoms with Gasteiger partial charge in [-0.1, -0.05) is 22.8 Å². The van der Waals surface area contributed by atoms with Gasteiger partial charge >= 0.3 is 0 Å². The molecule has 2 N–H and O–H groups in total. The topological polar surface area (TPSA) is 64.9 Å². The molecule has 0 saturated heterocycles. The van der Waals surface area contributed by atoms with Gasteiger partial charge in [-0.15, -0.1) is 0 Å². The molecule has 0 aliphatic heterocycles. The molecule has 0 unspecified atom stereocenters. The monoisotopic (exact) mass is 303 g/mol. The van der Waals surface area contributed by atoms with Gasteiger partial charge in [0, 0.05) is 16.3 Å². The largest absolute Gasteiger partial charge is 0.398 e. The summed E-state index contributed by atoms with van der Waals surface area (Å²) < 4.78 is 18.6. The van der Waals surface area contributed by atoms with Crippen LogP contribution in [0.2, 0.25) is 5.02 Å². The lowest BCUT2D eigenvalue weighted by molar-refractivity contribution is 0.432. The molecule has 1 aromatic heterocycles. The number of aromatic nitrogens is 2. The third kappa shape index (κ3) is 2.60. The predicted molar refractivity (Wildman–Crippen MR) is 79.3 cm³/mol. The number of nitrogen functional groups attached to an aromatic ring is 1. The highest BCUT2D eigenvalue weighted by atomic mass is 35.5. The Bertz CT molecular complexity index is 816. The van der Waals surface area contributed by atoms with Crippen LogP contribution in [-0.2, 0) is 0 Å². The second-order valence-electron chi connectivity index (χ2n) is 4.61. The van der Waals surface area contributed by atoms with Gasteiger partial charge in [0.2, 0.25) is 5.82 Å². The highest BCUT2D eigenvalue weighted by molar-refractivity contribution is 6.31. The molecule has 21 heavy (non-hydrogen) atoms. The summed E-state index contributed by atoms with van der Waals surface area (Å²) in [4.78, 5) is 4.28. The number of halogens is 2. The number of rotatable bonds is 2. The average Bonchev–Trinajstić information content (AvgIpc) is 2.91. The minimum atomic E-state index is -0.354. The maximum atomic E-state index is 13.4. The zero-order valence-electron chi connectivity index (χ0n) is 11.1. The van der Waals surface area contributed by atoms with Crippen molar-refractivity contribution in [1.82, 2.24) is 10.1 Å². The summed E-state index contributed by atoms with van der Waals surface area (Å²) in [7, 11) is 0. The van der Waals surface area contributed by atoms with Gasteiger partial charge in [-0.25, -0.2) is 4.39 Å². The van der Waals surface area contributed by atoms with Crippen LogP contribution in [0.3, 0.4) is 0 Å². The Hall–Kier alpha value is -2.40. The lowest BCUT2D eigenvalue weighted by Gasteiger charge is -2.01. The van der Waals surface area contributed by atoms with E-state index in [1.54, 1.807) is 24.3 Å². The third-order valence-electron chi connectivity index (χ3n) is 3.11. The average molecular weight is 304 g/mol. The molecule has 4 nitrogen and oxygen atoms in total. The van der Waals surface area contributed by atoms with Crippen LogP contribution in [0.5, 0.6) is 0 Å². The van der Waals surface area contributed by atoms with Crippen molar-refractivity contribution in [1.29, 1.82) is 0 Å². The van der Waals surface area contributed by atoms with E-state index in [0.29, 0.717) is 27.7 Å². The van der Waals surface area contributed by atoms with E-state index in [2.05, 4.69) is 10.1 Å². The smallest absolute Gasteiger partial charge is 0.260 e. The normalized spacial score (nSPS) is 10.8. The lowest BCUT2D eigenvalue weighted by atomic mass is 10.1. The number of hydrogen-bond donors (Lipinski definition) is 1. The fourth-order valence-electron chi connectivity index (χ4n) is 2.01. The van der Waals surface area contributed by atoms with Gasteiger partial charge in [0.05, 0.1) is 5.56 Å². The van der Waals surface area contributed by atoms with Gasteiger partial charge in [-0.2, -0.15) is 4.98 Å². The third-order valence-corrected chi connectivity index (χ3v) is 3.35. The van der Waals surface area contributed by atoms with Gasteiger partial charge in [-0.3, -0.25) is 0 Å². The molecule has 0 radical (unpaired) electrons. The summed E-state index contributed by atoms with van der Waals surface area (Å²) >= 11 is 5.86. The van der Waals surface area contributed by atoms with Crippen molar-refractivity contribution in [2.45, 2.75) is 6.92 Å². The molecule has 2 aromatic carbocycles. The van der Waals surface area contributed by atoms with Crippen molar-refractivity contribution in [3.63, 3.8) is 0 Å². The quantitative estimate of drug-likeness (QED) is 0.724. The first kappa shape index (κ1) is 13.6. The molecule has 1 heterocycles. The summed E-state index contributed by atoms with van der Waals surface area (Å²) in [6, 6.07) is 9.41. The first-order valence-corrected chi connectivity index (χ1v) is 6.58. The Morgan fingerprint density at radius 2 is 1.95 bits per heavy atom. The summed E-state index contributed by atoms with van der Waals surface area (Å²) in [5.41, 5.74) is 8.35. The highest BCUT2D eigenvalue weighted by Gasteiger charge is 2.15. The summed E-state index contributed by atoms with van der Waals surface area (Å²) in [5.74, 6) is 0.229. The molecule has 3 rings (SSSR count). The molecule has 0 aliphatic rings. The van der Waals surface area contributed by atoms with Crippen LogP contribution in [0.15, 0.2) is 40.9 Å². The molecule has 0 atom stereocenters. The first-order valence-electron chi connectivity index (χ1n) is 6.20. The Morgan fingerprint density at radius 3 is 2.71 bits per heavy atom. The van der Waals surface area contributed by atoms with E-state index in [9.17, 15) is 4.39 Å². The number of benzene rings is 2. The maximum Gasteiger partial charge on any atom is 0.260 e. The van der Waals surface area contributed by atoms with E-state index in [0.717, 1.165) is 5.56 Å². The zero-order valence-corrected chi connectivity index (χ0v) is 11.9. The Labute approximate surface area is 125 Å². The fourth-order valence-corrected chi connectivity index (χ4v) is 2.19. The van der Waals surface area contributed by atoms with Crippen molar-refractivity contribution < 1.29 is 8.91 Å². The second kappa shape index (κ2) is 5.18. The first-order chi connectivity index (χ1) is 10.0. The molecule has 0 spiro atoms. The number of aryl methyl sites for hydroxylation is 1. The van der Waals surface area contributed by atoms with Crippen LogP contribution in [0.25, 0.3) is 22.8 Å². The van der Waals surface area contributed by atoms with Crippen LogP contribution in [0, 0.1) is 12.7 Å². The van der Waals surface area contributed by atoms with Crippen LogP contribution in [-0.4, -0.2) is 10.1 Å². The predicted octanol–water partition coefficient (Wildman–Crippen LogP) is 4.09. The van der Waals surface area contributed by atoms with Crippen molar-refractivity contribution in [2.75, 3.05) is 5.73 Å². The van der Waals surface area contributed by atoms with E-state index >= 15 is 0 Å². The fraction of sp³-hybridized carbons (Fsp3) is 0.0667. The Balaban J connectivity index is 2.06. The second-order valence-corrected chi connectivity index (χ2v) is 5.05. The molecule has 106 valence electrons. The standard InChI is InChI=1S/C15H11ClFN3O/c1-8-2-4-10(17)7-12(8)14-19-15(21-20-14)11-5-3-9(16)6-13(11)18/h2-7H,18H2,1H3. The van der Waals surface area contributed by atoms with E-state index < -0.39 is 0 Å². The van der Waals surface area contributed by atoms with Crippen LogP contribution in [0.1, 0.15) is 5.56 Å². The van der Waals surface area contributed by atoms with E-state index in [-0.39, 0.29) is 11.7 Å². The maximum absolute atomic E-state index is 13.4. The molecule has 0 fully saturated rings. The van der Waals surface area contributed by atoms with Crippen molar-refractivity contribution in [2.24, 2.45) is 0 Å². The molecule has 6 heteroatoms. The molecule has 3 aromatic rings. The Morgan fingerprint density at radius 1 is 1.14 bits per heavy atom. The van der Waals surface area contributed by atoms with Gasteiger partial charge in [0.25, 0.3) is 5.89 Å². The van der Waals surface area contributed by atoms with Crippen LogP contribution < -0.4 is 5.73 Å². The number of hydrogen-bond acceptors (Lipinski definition) is 4. The van der Waals surface area contributed by atoms with Crippen LogP contribution >= 0.6 is 11.6 Å². The molecular weight excluding hydrogens is 293 g/mol. The molecular formula is C15H11ClFN3O. The van der Waals surface area contributed by atoms with E-state index in [1.807, 2.05) is 6.92 Å². The van der Waals surface area contributed by atoms with Crippen molar-refractivity contribution in [3.8, 4) is 22.8 Å². The SMILES string of the molecule is Cc1ccc(F)cc1-c1noc(-c2ccc(Cl)cc2N)n1. The minimum Gasteiger partial charge on any atom is -0.398 e. The summed E-state index contributed by atoms with van der Waals surface area (Å²) in [6.45, 7) is 1.85. The number of anilines is 1. The molecule has 0 saturated carbocycles. The van der Waals surface area contributed by atoms with Crippen molar-refractivity contribution >= 4 is 17.3 Å². The number of nitrogens with two attached hydrogens (primary N) is 1. The van der Waals surface area contributed by atoms with Gasteiger partial charge in [0.15, 0.2) is 0 Å². The number of nitrogens with zero attached hydrogens (tertiary/aromatic N) is 2. The highest BCUT2D eigenvalue weighted by Crippen LogP contribution is 2.29. The van der Waals surface area contributed by atoms with Crippen LogP contribution in [0.4, 0.5) is 10.1 Å². The Kier molecular flexibility index (Phi) is 3.35. The summed E-state index contributed by atoms with van der Waals surface area (Å²) in [6.07, 6.45) is 0. The molecule has 0 aliphatic carbocycles. The zero-order chi connectivity index (χ0) is 15.0.